The summed E-state index contributed by atoms with van der Waals surface area (Å²) in [6.45, 7) is 2.88. The number of rotatable bonds is 2. The molecule has 1 aliphatic rings. The predicted octanol–water partition coefficient (Wildman–Crippen LogP) is 0.393. The van der Waals surface area contributed by atoms with Crippen molar-refractivity contribution in [2.75, 3.05) is 20.3 Å². The highest BCUT2D eigenvalue weighted by atomic mass is 16.5. The fourth-order valence-corrected chi connectivity index (χ4v) is 1.29. The van der Waals surface area contributed by atoms with E-state index < -0.39 is 0 Å². The molecular formula is C9H14N2O2. The minimum atomic E-state index is -0.354. The first-order valence-electron chi connectivity index (χ1n) is 4.41. The second kappa shape index (κ2) is 4.24. The quantitative estimate of drug-likeness (QED) is 0.621. The predicted molar refractivity (Wildman–Crippen MR) is 46.8 cm³/mol. The van der Waals surface area contributed by atoms with Crippen molar-refractivity contribution < 1.29 is 9.53 Å². The molecule has 2 atom stereocenters. The van der Waals surface area contributed by atoms with Gasteiger partial charge in [0.15, 0.2) is 0 Å². The van der Waals surface area contributed by atoms with Gasteiger partial charge >= 0.3 is 0 Å². The highest BCUT2D eigenvalue weighted by molar-refractivity contribution is 5.79. The van der Waals surface area contributed by atoms with Crippen molar-refractivity contribution in [2.45, 2.75) is 19.4 Å². The van der Waals surface area contributed by atoms with Gasteiger partial charge in [-0.25, -0.2) is 0 Å². The van der Waals surface area contributed by atoms with Gasteiger partial charge in [0.05, 0.1) is 18.6 Å². The molecule has 0 aromatic rings. The first-order chi connectivity index (χ1) is 6.16. The Kier molecular flexibility index (Phi) is 3.26. The van der Waals surface area contributed by atoms with Crippen LogP contribution < -0.4 is 0 Å². The van der Waals surface area contributed by atoms with E-state index in [1.165, 1.54) is 4.90 Å². The standard InChI is InChI=1S/C9H14N2O2/c1-7(5-10)11(2)9(12)8-3-4-13-6-8/h7-8H,3-4,6H2,1-2H3. The molecular weight excluding hydrogens is 168 g/mol. The molecule has 4 heteroatoms. The molecule has 0 radical (unpaired) electrons. The SMILES string of the molecule is CC(C#N)N(C)C(=O)C1CCOC1. The van der Waals surface area contributed by atoms with Gasteiger partial charge < -0.3 is 9.64 Å². The fraction of sp³-hybridized carbons (Fsp3) is 0.778. The van der Waals surface area contributed by atoms with Crippen LogP contribution >= 0.6 is 0 Å². The Morgan fingerprint density at radius 3 is 2.92 bits per heavy atom. The molecule has 1 rings (SSSR count). The summed E-state index contributed by atoms with van der Waals surface area (Å²) in [6.07, 6.45) is 0.779. The first-order valence-corrected chi connectivity index (χ1v) is 4.41. The van der Waals surface area contributed by atoms with Crippen molar-refractivity contribution in [1.29, 1.82) is 5.26 Å². The second-order valence-corrected chi connectivity index (χ2v) is 3.31. The summed E-state index contributed by atoms with van der Waals surface area (Å²) in [6, 6.07) is 1.68. The topological polar surface area (TPSA) is 53.3 Å². The molecule has 0 N–H and O–H groups in total. The molecule has 1 amide bonds. The molecule has 0 aromatic heterocycles. The smallest absolute Gasteiger partial charge is 0.228 e. The molecule has 1 saturated heterocycles. The van der Waals surface area contributed by atoms with E-state index in [1.807, 2.05) is 6.07 Å². The molecule has 0 saturated carbocycles. The van der Waals surface area contributed by atoms with Crippen LogP contribution in [0.1, 0.15) is 13.3 Å². The molecule has 1 fully saturated rings. The molecule has 0 bridgehead atoms. The van der Waals surface area contributed by atoms with E-state index in [9.17, 15) is 4.79 Å². The van der Waals surface area contributed by atoms with Gasteiger partial charge in [-0.1, -0.05) is 0 Å². The molecule has 2 unspecified atom stereocenters. The van der Waals surface area contributed by atoms with Crippen molar-refractivity contribution in [3.8, 4) is 6.07 Å². The lowest BCUT2D eigenvalue weighted by atomic mass is 10.1. The number of nitrogens with zero attached hydrogens (tertiary/aromatic N) is 2. The van der Waals surface area contributed by atoms with E-state index in [4.69, 9.17) is 10.00 Å². The Bertz CT molecular complexity index is 228. The van der Waals surface area contributed by atoms with Crippen molar-refractivity contribution in [3.63, 3.8) is 0 Å². The first kappa shape index (κ1) is 10.0. The minimum Gasteiger partial charge on any atom is -0.381 e. The molecule has 1 heterocycles. The Hall–Kier alpha value is -1.08. The molecule has 0 aromatic carbocycles. The maximum Gasteiger partial charge on any atom is 0.228 e. The number of carbonyl (C=O) groups excluding carboxylic acids is 1. The lowest BCUT2D eigenvalue weighted by molar-refractivity contribution is -0.135. The Balaban J connectivity index is 2.51. The van der Waals surface area contributed by atoms with Crippen LogP contribution in [-0.2, 0) is 9.53 Å². The van der Waals surface area contributed by atoms with Crippen LogP contribution in [0.25, 0.3) is 0 Å². The molecule has 4 nitrogen and oxygen atoms in total. The Labute approximate surface area is 78.1 Å². The van der Waals surface area contributed by atoms with Gasteiger partial charge in [0, 0.05) is 13.7 Å². The average Bonchev–Trinajstić information content (AvgIpc) is 2.67. The average molecular weight is 182 g/mol. The zero-order valence-electron chi connectivity index (χ0n) is 7.99. The van der Waals surface area contributed by atoms with Gasteiger partial charge in [0.2, 0.25) is 5.91 Å². The third-order valence-electron chi connectivity index (χ3n) is 2.39. The zero-order chi connectivity index (χ0) is 9.84. The molecule has 72 valence electrons. The number of ether oxygens (including phenoxy) is 1. The summed E-state index contributed by atoms with van der Waals surface area (Å²) in [4.78, 5) is 13.1. The maximum atomic E-state index is 11.6. The van der Waals surface area contributed by atoms with Gasteiger partial charge in [-0.05, 0) is 13.3 Å². The summed E-state index contributed by atoms with van der Waals surface area (Å²) in [7, 11) is 1.66. The van der Waals surface area contributed by atoms with Gasteiger partial charge in [0.25, 0.3) is 0 Å². The number of hydrogen-bond acceptors (Lipinski definition) is 3. The Morgan fingerprint density at radius 1 is 1.77 bits per heavy atom. The summed E-state index contributed by atoms with van der Waals surface area (Å²) in [5, 5.41) is 8.62. The number of amides is 1. The second-order valence-electron chi connectivity index (χ2n) is 3.31. The highest BCUT2D eigenvalue weighted by Gasteiger charge is 2.28. The third-order valence-corrected chi connectivity index (χ3v) is 2.39. The van der Waals surface area contributed by atoms with Crippen LogP contribution in [0.5, 0.6) is 0 Å². The van der Waals surface area contributed by atoms with Gasteiger partial charge in [-0.3, -0.25) is 4.79 Å². The van der Waals surface area contributed by atoms with E-state index in [-0.39, 0.29) is 17.9 Å². The van der Waals surface area contributed by atoms with Gasteiger partial charge in [-0.2, -0.15) is 5.26 Å². The third kappa shape index (κ3) is 2.19. The maximum absolute atomic E-state index is 11.6. The van der Waals surface area contributed by atoms with Crippen LogP contribution in [0.4, 0.5) is 0 Å². The molecule has 0 aliphatic carbocycles. The van der Waals surface area contributed by atoms with Crippen LogP contribution in [0.2, 0.25) is 0 Å². The minimum absolute atomic E-state index is 0.0200. The summed E-state index contributed by atoms with van der Waals surface area (Å²) < 4.78 is 5.11. The molecule has 0 spiro atoms. The zero-order valence-corrected chi connectivity index (χ0v) is 7.99. The van der Waals surface area contributed by atoms with Gasteiger partial charge in [0.1, 0.15) is 6.04 Å². The van der Waals surface area contributed by atoms with E-state index in [0.717, 1.165) is 6.42 Å². The largest absolute Gasteiger partial charge is 0.381 e. The summed E-state index contributed by atoms with van der Waals surface area (Å²) in [5.41, 5.74) is 0. The van der Waals surface area contributed by atoms with E-state index in [2.05, 4.69) is 0 Å². The van der Waals surface area contributed by atoms with E-state index >= 15 is 0 Å². The molecule has 13 heavy (non-hydrogen) atoms. The fourth-order valence-electron chi connectivity index (χ4n) is 1.29. The highest BCUT2D eigenvalue weighted by Crippen LogP contribution is 2.15. The molecule has 1 aliphatic heterocycles. The van der Waals surface area contributed by atoms with Crippen LogP contribution in [0.15, 0.2) is 0 Å². The summed E-state index contributed by atoms with van der Waals surface area (Å²) >= 11 is 0. The monoisotopic (exact) mass is 182 g/mol. The van der Waals surface area contributed by atoms with E-state index in [0.29, 0.717) is 13.2 Å². The summed E-state index contributed by atoms with van der Waals surface area (Å²) in [5.74, 6) is -0.0210. The van der Waals surface area contributed by atoms with Crippen LogP contribution in [-0.4, -0.2) is 37.1 Å². The normalized spacial score (nSPS) is 23.6. The van der Waals surface area contributed by atoms with Crippen molar-refractivity contribution >= 4 is 5.91 Å². The van der Waals surface area contributed by atoms with Crippen LogP contribution in [0, 0.1) is 17.2 Å². The number of nitriles is 1. The van der Waals surface area contributed by atoms with Crippen molar-refractivity contribution in [3.05, 3.63) is 0 Å². The van der Waals surface area contributed by atoms with Crippen molar-refractivity contribution in [2.24, 2.45) is 5.92 Å². The lowest BCUT2D eigenvalue weighted by Gasteiger charge is -2.22. The van der Waals surface area contributed by atoms with Gasteiger partial charge in [-0.15, -0.1) is 0 Å². The Morgan fingerprint density at radius 2 is 2.46 bits per heavy atom. The van der Waals surface area contributed by atoms with E-state index in [1.54, 1.807) is 14.0 Å². The van der Waals surface area contributed by atoms with Crippen molar-refractivity contribution in [1.82, 2.24) is 4.90 Å². The number of carbonyl (C=O) groups is 1. The number of hydrogen-bond donors (Lipinski definition) is 0. The lowest BCUT2D eigenvalue weighted by Crippen LogP contribution is -2.38. The van der Waals surface area contributed by atoms with Crippen LogP contribution in [0.3, 0.4) is 0 Å².